The number of hydrogen-bond donors (Lipinski definition) is 2. The van der Waals surface area contributed by atoms with Crippen LogP contribution in [0.1, 0.15) is 12.2 Å². The first kappa shape index (κ1) is 9.76. The molecular formula is C10H12N2O3. The minimum atomic E-state index is -0.119. The molecule has 1 aliphatic heterocycles. The van der Waals surface area contributed by atoms with Gasteiger partial charge in [0.25, 0.3) is 0 Å². The maximum absolute atomic E-state index is 11.5. The number of amides is 2. The fraction of sp³-hybridized carbons (Fsp3) is 0.400. The zero-order valence-electron chi connectivity index (χ0n) is 8.16. The summed E-state index contributed by atoms with van der Waals surface area (Å²) in [5.41, 5.74) is 0. The average molecular weight is 208 g/mol. The molecule has 1 fully saturated rings. The Morgan fingerprint density at radius 3 is 3.13 bits per heavy atom. The van der Waals surface area contributed by atoms with E-state index in [0.717, 1.165) is 0 Å². The summed E-state index contributed by atoms with van der Waals surface area (Å²) in [4.78, 5) is 22.3. The summed E-state index contributed by atoms with van der Waals surface area (Å²) in [5.74, 6) is 0.495. The first-order valence-corrected chi connectivity index (χ1v) is 4.82. The second kappa shape index (κ2) is 4.16. The molecule has 15 heavy (non-hydrogen) atoms. The molecule has 1 atom stereocenters. The zero-order chi connectivity index (χ0) is 10.7. The van der Waals surface area contributed by atoms with Crippen LogP contribution < -0.4 is 10.6 Å². The van der Waals surface area contributed by atoms with Crippen LogP contribution in [0.25, 0.3) is 0 Å². The molecule has 0 aromatic carbocycles. The molecule has 1 aromatic heterocycles. The van der Waals surface area contributed by atoms with E-state index in [1.165, 1.54) is 6.26 Å². The smallest absolute Gasteiger partial charge is 0.227 e. The number of hydrogen-bond acceptors (Lipinski definition) is 3. The Morgan fingerprint density at radius 2 is 2.53 bits per heavy atom. The van der Waals surface area contributed by atoms with Crippen molar-refractivity contribution < 1.29 is 14.0 Å². The number of rotatable bonds is 3. The summed E-state index contributed by atoms with van der Waals surface area (Å²) in [5, 5.41) is 5.42. The minimum Gasteiger partial charge on any atom is -0.469 e. The van der Waals surface area contributed by atoms with Crippen LogP contribution >= 0.6 is 0 Å². The first-order chi connectivity index (χ1) is 7.24. The van der Waals surface area contributed by atoms with Crippen molar-refractivity contribution in [3.05, 3.63) is 24.2 Å². The van der Waals surface area contributed by atoms with Gasteiger partial charge in [0.05, 0.1) is 18.7 Å². The van der Waals surface area contributed by atoms with Gasteiger partial charge in [-0.2, -0.15) is 0 Å². The Hall–Kier alpha value is -1.78. The van der Waals surface area contributed by atoms with Crippen molar-refractivity contribution in [1.82, 2.24) is 10.6 Å². The van der Waals surface area contributed by atoms with Gasteiger partial charge in [0.15, 0.2) is 0 Å². The zero-order valence-corrected chi connectivity index (χ0v) is 8.16. The van der Waals surface area contributed by atoms with E-state index in [1.54, 1.807) is 12.1 Å². The van der Waals surface area contributed by atoms with Crippen LogP contribution in [-0.2, 0) is 16.0 Å². The van der Waals surface area contributed by atoms with E-state index >= 15 is 0 Å². The molecule has 2 rings (SSSR count). The molecule has 1 aliphatic rings. The first-order valence-electron chi connectivity index (χ1n) is 4.82. The second-order valence-electron chi connectivity index (χ2n) is 3.53. The SMILES string of the molecule is O=C1CC(NC(=O)Cc2ccco2)CN1. The lowest BCUT2D eigenvalue weighted by Gasteiger charge is -2.08. The van der Waals surface area contributed by atoms with Gasteiger partial charge in [-0.1, -0.05) is 0 Å². The maximum Gasteiger partial charge on any atom is 0.227 e. The highest BCUT2D eigenvalue weighted by molar-refractivity contribution is 5.82. The quantitative estimate of drug-likeness (QED) is 0.724. The second-order valence-corrected chi connectivity index (χ2v) is 3.53. The number of furan rings is 1. The summed E-state index contributed by atoms with van der Waals surface area (Å²) >= 11 is 0. The van der Waals surface area contributed by atoms with Gasteiger partial charge in [0.2, 0.25) is 11.8 Å². The molecule has 2 amide bonds. The van der Waals surface area contributed by atoms with Crippen LogP contribution in [0.5, 0.6) is 0 Å². The fourth-order valence-electron chi connectivity index (χ4n) is 1.56. The summed E-state index contributed by atoms with van der Waals surface area (Å²) in [6.45, 7) is 0.517. The fourth-order valence-corrected chi connectivity index (χ4v) is 1.56. The molecule has 0 aliphatic carbocycles. The van der Waals surface area contributed by atoms with Gasteiger partial charge in [-0.25, -0.2) is 0 Å². The Labute approximate surface area is 86.8 Å². The van der Waals surface area contributed by atoms with Crippen molar-refractivity contribution in [2.45, 2.75) is 18.9 Å². The highest BCUT2D eigenvalue weighted by Gasteiger charge is 2.22. The number of carbonyl (C=O) groups is 2. The van der Waals surface area contributed by atoms with Crippen LogP contribution in [0.15, 0.2) is 22.8 Å². The molecule has 1 aromatic rings. The third-order valence-electron chi connectivity index (χ3n) is 2.26. The van der Waals surface area contributed by atoms with E-state index < -0.39 is 0 Å². The summed E-state index contributed by atoms with van der Waals surface area (Å²) in [7, 11) is 0. The van der Waals surface area contributed by atoms with Crippen molar-refractivity contribution in [3.8, 4) is 0 Å². The highest BCUT2D eigenvalue weighted by atomic mass is 16.3. The van der Waals surface area contributed by atoms with Gasteiger partial charge in [-0.05, 0) is 12.1 Å². The van der Waals surface area contributed by atoms with Crippen molar-refractivity contribution in [2.75, 3.05) is 6.54 Å². The maximum atomic E-state index is 11.5. The van der Waals surface area contributed by atoms with Crippen molar-refractivity contribution in [1.29, 1.82) is 0 Å². The summed E-state index contributed by atoms with van der Waals surface area (Å²) in [6, 6.07) is 3.40. The van der Waals surface area contributed by atoms with E-state index in [4.69, 9.17) is 4.42 Å². The molecule has 5 nitrogen and oxygen atoms in total. The van der Waals surface area contributed by atoms with Crippen LogP contribution in [0.2, 0.25) is 0 Å². The Kier molecular flexibility index (Phi) is 2.71. The Bertz CT molecular complexity index is 359. The molecule has 2 N–H and O–H groups in total. The molecule has 0 radical (unpaired) electrons. The topological polar surface area (TPSA) is 71.3 Å². The van der Waals surface area contributed by atoms with Crippen LogP contribution in [-0.4, -0.2) is 24.4 Å². The molecule has 0 spiro atoms. The van der Waals surface area contributed by atoms with Gasteiger partial charge in [-0.15, -0.1) is 0 Å². The van der Waals surface area contributed by atoms with Crippen molar-refractivity contribution >= 4 is 11.8 Å². The number of carbonyl (C=O) groups excluding carboxylic acids is 2. The van der Waals surface area contributed by atoms with Gasteiger partial charge in [0.1, 0.15) is 5.76 Å². The predicted molar refractivity (Wildman–Crippen MR) is 52.0 cm³/mol. The third-order valence-corrected chi connectivity index (χ3v) is 2.26. The minimum absolute atomic E-state index is 0.0155. The standard InChI is InChI=1S/C10H12N2O3/c13-9-4-7(6-11-9)12-10(14)5-8-2-1-3-15-8/h1-3,7H,4-6H2,(H,11,13)(H,12,14). The number of nitrogens with one attached hydrogen (secondary N) is 2. The lowest BCUT2D eigenvalue weighted by Crippen LogP contribution is -2.37. The Morgan fingerprint density at radius 1 is 1.67 bits per heavy atom. The molecule has 0 saturated carbocycles. The van der Waals surface area contributed by atoms with Crippen molar-refractivity contribution in [2.24, 2.45) is 0 Å². The average Bonchev–Trinajstić information content (AvgIpc) is 2.77. The normalized spacial score (nSPS) is 20.0. The Balaban J connectivity index is 1.80. The van der Waals surface area contributed by atoms with E-state index in [2.05, 4.69) is 10.6 Å². The van der Waals surface area contributed by atoms with Gasteiger partial charge < -0.3 is 15.1 Å². The monoisotopic (exact) mass is 208 g/mol. The van der Waals surface area contributed by atoms with E-state index in [0.29, 0.717) is 18.7 Å². The predicted octanol–water partition coefficient (Wildman–Crippen LogP) is -0.173. The third kappa shape index (κ3) is 2.59. The molecule has 1 saturated heterocycles. The van der Waals surface area contributed by atoms with E-state index in [9.17, 15) is 9.59 Å². The van der Waals surface area contributed by atoms with Crippen molar-refractivity contribution in [3.63, 3.8) is 0 Å². The van der Waals surface area contributed by atoms with Gasteiger partial charge in [0, 0.05) is 13.0 Å². The molecule has 2 heterocycles. The van der Waals surface area contributed by atoms with E-state index in [-0.39, 0.29) is 24.3 Å². The van der Waals surface area contributed by atoms with Crippen LogP contribution in [0.4, 0.5) is 0 Å². The lowest BCUT2D eigenvalue weighted by atomic mass is 10.2. The molecule has 1 unspecified atom stereocenters. The summed E-state index contributed by atoms with van der Waals surface area (Å²) < 4.78 is 5.05. The van der Waals surface area contributed by atoms with E-state index in [1.807, 2.05) is 0 Å². The molecular weight excluding hydrogens is 196 g/mol. The van der Waals surface area contributed by atoms with Gasteiger partial charge >= 0.3 is 0 Å². The van der Waals surface area contributed by atoms with Crippen LogP contribution in [0, 0.1) is 0 Å². The van der Waals surface area contributed by atoms with Crippen LogP contribution in [0.3, 0.4) is 0 Å². The highest BCUT2D eigenvalue weighted by Crippen LogP contribution is 2.03. The molecule has 0 bridgehead atoms. The van der Waals surface area contributed by atoms with Gasteiger partial charge in [-0.3, -0.25) is 9.59 Å². The largest absolute Gasteiger partial charge is 0.469 e. The lowest BCUT2D eigenvalue weighted by molar-refractivity contribution is -0.121. The summed E-state index contributed by atoms with van der Waals surface area (Å²) in [6.07, 6.45) is 2.12. The molecule has 80 valence electrons. The molecule has 5 heteroatoms.